The zero-order valence-electron chi connectivity index (χ0n) is 24.3. The summed E-state index contributed by atoms with van der Waals surface area (Å²) in [5.74, 6) is 0.842. The number of rotatable bonds is 4. The van der Waals surface area contributed by atoms with E-state index in [9.17, 15) is 10.2 Å². The van der Waals surface area contributed by atoms with Crippen molar-refractivity contribution >= 4 is 0 Å². The third kappa shape index (κ3) is 12.8. The average Bonchev–Trinajstić information content (AvgIpc) is 3.46. The van der Waals surface area contributed by atoms with Crippen molar-refractivity contribution in [2.75, 3.05) is 0 Å². The standard InChI is InChI=1S/2C10H14O.2C7H9.Zr/c2*1-3-8-5-6-10(11)9(4-2)7-8;2*1-6-4-3-5-7(6)2;/h2*5-7,11H,3-4H2,1-2H3;2*3H,4H2,1-2H3;/q;;2*-1;+2. The van der Waals surface area contributed by atoms with Crippen molar-refractivity contribution in [3.05, 3.63) is 105 Å². The van der Waals surface area contributed by atoms with Crippen LogP contribution in [0.5, 0.6) is 11.5 Å². The van der Waals surface area contributed by atoms with Crippen molar-refractivity contribution in [2.45, 2.75) is 93.9 Å². The van der Waals surface area contributed by atoms with Crippen LogP contribution in [0.25, 0.3) is 0 Å². The molecule has 2 N–H and O–H groups in total. The zero-order chi connectivity index (χ0) is 27.1. The molecule has 0 saturated carbocycles. The molecule has 4 rings (SSSR count). The molecule has 0 heterocycles. The Hall–Kier alpha value is -2.12. The second kappa shape index (κ2) is 19.0. The fraction of sp³-hybridized carbons (Fsp3) is 0.412. The maximum absolute atomic E-state index is 9.33. The van der Waals surface area contributed by atoms with E-state index in [1.165, 1.54) is 33.4 Å². The molecule has 2 nitrogen and oxygen atoms in total. The minimum Gasteiger partial charge on any atom is -0.508 e. The summed E-state index contributed by atoms with van der Waals surface area (Å²) < 4.78 is 0. The van der Waals surface area contributed by atoms with Gasteiger partial charge >= 0.3 is 26.2 Å². The second-order valence-corrected chi connectivity index (χ2v) is 9.26. The summed E-state index contributed by atoms with van der Waals surface area (Å²) in [4.78, 5) is 0. The average molecular weight is 578 g/mol. The first-order valence-electron chi connectivity index (χ1n) is 13.3. The molecule has 2 aliphatic carbocycles. The van der Waals surface area contributed by atoms with Crippen molar-refractivity contribution in [1.29, 1.82) is 0 Å². The van der Waals surface area contributed by atoms with Crippen molar-refractivity contribution in [1.82, 2.24) is 0 Å². The minimum absolute atomic E-state index is 0. The largest absolute Gasteiger partial charge is 2.00 e. The van der Waals surface area contributed by atoms with E-state index in [2.05, 4.69) is 91.8 Å². The summed E-state index contributed by atoms with van der Waals surface area (Å²) >= 11 is 0. The van der Waals surface area contributed by atoms with Crippen LogP contribution in [-0.2, 0) is 51.9 Å². The summed E-state index contributed by atoms with van der Waals surface area (Å²) in [6.07, 6.45) is 16.5. The van der Waals surface area contributed by atoms with E-state index in [1.54, 1.807) is 12.1 Å². The van der Waals surface area contributed by atoms with Crippen LogP contribution in [0.15, 0.2) is 70.8 Å². The van der Waals surface area contributed by atoms with Gasteiger partial charge in [0.15, 0.2) is 0 Å². The van der Waals surface area contributed by atoms with Crippen LogP contribution in [-0.4, -0.2) is 10.2 Å². The Bertz CT molecular complexity index is 999. The molecule has 3 heteroatoms. The zero-order valence-corrected chi connectivity index (χ0v) is 26.7. The molecule has 0 atom stereocenters. The Morgan fingerprint density at radius 3 is 1.14 bits per heavy atom. The molecule has 2 aliphatic rings. The molecular weight excluding hydrogens is 532 g/mol. The maximum atomic E-state index is 9.33. The van der Waals surface area contributed by atoms with Gasteiger partial charge in [-0.3, -0.25) is 12.2 Å². The van der Waals surface area contributed by atoms with Crippen LogP contribution < -0.4 is 0 Å². The number of allylic oxidation sites excluding steroid dienone is 8. The van der Waals surface area contributed by atoms with Crippen LogP contribution in [0.3, 0.4) is 0 Å². The fourth-order valence-corrected chi connectivity index (χ4v) is 3.55. The molecule has 37 heavy (non-hydrogen) atoms. The molecule has 0 fully saturated rings. The topological polar surface area (TPSA) is 40.5 Å². The molecule has 0 saturated heterocycles. The van der Waals surface area contributed by atoms with Crippen molar-refractivity contribution < 1.29 is 36.4 Å². The van der Waals surface area contributed by atoms with E-state index in [0.29, 0.717) is 11.5 Å². The predicted molar refractivity (Wildman–Crippen MR) is 155 cm³/mol. The molecule has 0 aromatic heterocycles. The summed E-state index contributed by atoms with van der Waals surface area (Å²) in [5.41, 5.74) is 10.2. The fourth-order valence-electron chi connectivity index (χ4n) is 3.55. The first-order valence-corrected chi connectivity index (χ1v) is 13.3. The summed E-state index contributed by atoms with van der Waals surface area (Å²) in [7, 11) is 0. The first-order chi connectivity index (χ1) is 17.2. The third-order valence-corrected chi connectivity index (χ3v) is 6.60. The van der Waals surface area contributed by atoms with Crippen LogP contribution >= 0.6 is 0 Å². The minimum atomic E-state index is 0. The van der Waals surface area contributed by atoms with Gasteiger partial charge < -0.3 is 10.2 Å². The molecule has 0 spiro atoms. The number of hydrogen-bond donors (Lipinski definition) is 2. The van der Waals surface area contributed by atoms with E-state index in [-0.39, 0.29) is 26.2 Å². The van der Waals surface area contributed by atoms with Crippen LogP contribution in [0.2, 0.25) is 0 Å². The summed E-state index contributed by atoms with van der Waals surface area (Å²) in [6.45, 7) is 16.8. The number of benzene rings is 2. The van der Waals surface area contributed by atoms with Gasteiger partial charge in [-0.25, -0.2) is 22.3 Å². The van der Waals surface area contributed by atoms with Gasteiger partial charge in [-0.1, -0.05) is 78.6 Å². The number of aromatic hydroxyl groups is 2. The normalized spacial score (nSPS) is 13.2. The van der Waals surface area contributed by atoms with E-state index >= 15 is 0 Å². The van der Waals surface area contributed by atoms with E-state index in [0.717, 1.165) is 49.7 Å². The van der Waals surface area contributed by atoms with Gasteiger partial charge in [0.25, 0.3) is 0 Å². The molecular formula is C34H46O2Zr. The summed E-state index contributed by atoms with van der Waals surface area (Å²) in [6, 6.07) is 11.6. The van der Waals surface area contributed by atoms with Gasteiger partial charge in [0.05, 0.1) is 0 Å². The number of phenols is 2. The van der Waals surface area contributed by atoms with Crippen molar-refractivity contribution in [3.8, 4) is 11.5 Å². The quantitative estimate of drug-likeness (QED) is 0.356. The van der Waals surface area contributed by atoms with Crippen LogP contribution in [0, 0.1) is 12.2 Å². The maximum Gasteiger partial charge on any atom is 2.00 e. The number of aryl methyl sites for hydroxylation is 4. The Kier molecular flexibility index (Phi) is 17.9. The van der Waals surface area contributed by atoms with Gasteiger partial charge in [-0.2, -0.15) is 12.2 Å². The van der Waals surface area contributed by atoms with Gasteiger partial charge in [0.1, 0.15) is 11.5 Å². The molecule has 0 aliphatic heterocycles. The molecule has 2 aromatic rings. The number of hydrogen-bond acceptors (Lipinski definition) is 2. The molecule has 0 radical (unpaired) electrons. The molecule has 0 bridgehead atoms. The molecule has 0 unspecified atom stereocenters. The van der Waals surface area contributed by atoms with Gasteiger partial charge in [-0.05, 0) is 60.1 Å². The third-order valence-electron chi connectivity index (χ3n) is 6.60. The monoisotopic (exact) mass is 576 g/mol. The Balaban J connectivity index is 0.000000473. The van der Waals surface area contributed by atoms with E-state index in [4.69, 9.17) is 0 Å². The molecule has 198 valence electrons. The second-order valence-electron chi connectivity index (χ2n) is 9.26. The first kappa shape index (κ1) is 34.9. The molecule has 2 aromatic carbocycles. The Morgan fingerprint density at radius 2 is 0.946 bits per heavy atom. The van der Waals surface area contributed by atoms with Gasteiger partial charge in [0.2, 0.25) is 0 Å². The van der Waals surface area contributed by atoms with E-state index in [1.807, 2.05) is 12.1 Å². The SMILES string of the molecule is CC1=C(C)CC=[C-]1.CC1=C(C)CC=[C-]1.CCc1ccc(O)c(CC)c1.CCc1ccc(O)c(CC)c1.[Zr+2]. The Labute approximate surface area is 246 Å². The van der Waals surface area contributed by atoms with E-state index < -0.39 is 0 Å². The van der Waals surface area contributed by atoms with Gasteiger partial charge in [-0.15, -0.1) is 13.8 Å². The van der Waals surface area contributed by atoms with Crippen LogP contribution in [0.4, 0.5) is 0 Å². The predicted octanol–water partition coefficient (Wildman–Crippen LogP) is 9.20. The Morgan fingerprint density at radius 1 is 0.595 bits per heavy atom. The van der Waals surface area contributed by atoms with Crippen LogP contribution in [0.1, 0.15) is 90.5 Å². The van der Waals surface area contributed by atoms with Gasteiger partial charge in [0, 0.05) is 0 Å². The smallest absolute Gasteiger partial charge is 0.508 e. The molecule has 0 amide bonds. The number of phenolic OH excluding ortho intramolecular Hbond substituents is 2. The van der Waals surface area contributed by atoms with Crippen molar-refractivity contribution in [2.24, 2.45) is 0 Å². The van der Waals surface area contributed by atoms with Crippen molar-refractivity contribution in [3.63, 3.8) is 0 Å². The summed E-state index contributed by atoms with van der Waals surface area (Å²) in [5, 5.41) is 18.7.